The Balaban J connectivity index is 2.59. The number of nitrogens with zero attached hydrogens (tertiary/aromatic N) is 1. The summed E-state index contributed by atoms with van der Waals surface area (Å²) in [5.41, 5.74) is 0.547. The predicted molar refractivity (Wildman–Crippen MR) is 40.8 cm³/mol. The van der Waals surface area contributed by atoms with Crippen LogP contribution in [-0.2, 0) is 0 Å². The number of fused-ring (bicyclic) bond motifs is 1. The van der Waals surface area contributed by atoms with Gasteiger partial charge in [0.2, 0.25) is 0 Å². The minimum atomic E-state index is -0.275. The lowest BCUT2D eigenvalue weighted by atomic mass is 10.3. The Morgan fingerprint density at radius 1 is 1.55 bits per heavy atom. The maximum absolute atomic E-state index is 11.1. The monoisotopic (exact) mass is 147 g/mol. The van der Waals surface area contributed by atoms with Crippen molar-refractivity contribution in [3.05, 3.63) is 24.0 Å². The van der Waals surface area contributed by atoms with E-state index in [0.29, 0.717) is 11.4 Å². The number of hydrogen-bond donors (Lipinski definition) is 2. The van der Waals surface area contributed by atoms with Crippen LogP contribution in [0.25, 0.3) is 0 Å². The normalized spacial score (nSPS) is 14.0. The molecule has 11 heavy (non-hydrogen) atoms. The fourth-order valence-corrected chi connectivity index (χ4v) is 0.923. The van der Waals surface area contributed by atoms with Gasteiger partial charge in [-0.05, 0) is 6.07 Å². The maximum Gasteiger partial charge on any atom is 0.288 e. The predicted octanol–water partition coefficient (Wildman–Crippen LogP) is 0.764. The average Bonchev–Trinajstić information content (AvgIpc) is 2.40. The van der Waals surface area contributed by atoms with Crippen LogP contribution in [0.1, 0.15) is 10.4 Å². The van der Waals surface area contributed by atoms with E-state index in [-0.39, 0.29) is 5.91 Å². The van der Waals surface area contributed by atoms with Crippen LogP contribution in [0.15, 0.2) is 23.5 Å². The second kappa shape index (κ2) is 2.11. The van der Waals surface area contributed by atoms with Gasteiger partial charge in [-0.15, -0.1) is 0 Å². The standard InChI is InChI=1S/C7H5N3O/c11-7-5-1-2-8-6(5)9-3-4-10-7/h1-3,8-9H. The van der Waals surface area contributed by atoms with Gasteiger partial charge in [-0.3, -0.25) is 4.79 Å². The van der Waals surface area contributed by atoms with Crippen molar-refractivity contribution in [1.29, 1.82) is 0 Å². The molecule has 1 aliphatic rings. The number of anilines is 1. The van der Waals surface area contributed by atoms with Crippen LogP contribution < -0.4 is 5.32 Å². The zero-order valence-corrected chi connectivity index (χ0v) is 5.59. The molecule has 1 aromatic rings. The molecule has 0 aromatic carbocycles. The van der Waals surface area contributed by atoms with Crippen LogP contribution >= 0.6 is 0 Å². The van der Waals surface area contributed by atoms with Crippen molar-refractivity contribution in [2.24, 2.45) is 4.99 Å². The van der Waals surface area contributed by atoms with Crippen molar-refractivity contribution >= 4 is 17.6 Å². The molecule has 1 aliphatic heterocycles. The Labute approximate surface area is 62.6 Å². The molecule has 0 saturated carbocycles. The molecule has 2 rings (SSSR count). The zero-order chi connectivity index (χ0) is 7.68. The SMILES string of the molecule is O=C1N=C=CNc2[nH]ccc21. The van der Waals surface area contributed by atoms with Crippen LogP contribution in [0.5, 0.6) is 0 Å². The highest BCUT2D eigenvalue weighted by Crippen LogP contribution is 2.14. The zero-order valence-electron chi connectivity index (χ0n) is 5.59. The van der Waals surface area contributed by atoms with Crippen molar-refractivity contribution in [2.45, 2.75) is 0 Å². The van der Waals surface area contributed by atoms with E-state index in [1.165, 1.54) is 6.20 Å². The number of amides is 1. The van der Waals surface area contributed by atoms with Crippen molar-refractivity contribution in [2.75, 3.05) is 5.32 Å². The first-order chi connectivity index (χ1) is 5.38. The van der Waals surface area contributed by atoms with Gasteiger partial charge in [-0.25, -0.2) is 0 Å². The summed E-state index contributed by atoms with van der Waals surface area (Å²) in [5.74, 6) is 2.84. The smallest absolute Gasteiger partial charge is 0.288 e. The summed E-state index contributed by atoms with van der Waals surface area (Å²) in [6.45, 7) is 0. The van der Waals surface area contributed by atoms with Gasteiger partial charge in [0.05, 0.1) is 11.8 Å². The first-order valence-corrected chi connectivity index (χ1v) is 3.14. The number of rotatable bonds is 0. The summed E-state index contributed by atoms with van der Waals surface area (Å²) in [6.07, 6.45) is 3.17. The lowest BCUT2D eigenvalue weighted by Gasteiger charge is -1.94. The number of carbonyl (C=O) groups is 1. The Hall–Kier alpha value is -1.80. The third kappa shape index (κ3) is 0.855. The van der Waals surface area contributed by atoms with E-state index in [4.69, 9.17) is 0 Å². The molecular formula is C7H5N3O. The van der Waals surface area contributed by atoms with Crippen molar-refractivity contribution < 1.29 is 4.79 Å². The lowest BCUT2D eigenvalue weighted by Crippen LogP contribution is -1.94. The topological polar surface area (TPSA) is 57.2 Å². The highest BCUT2D eigenvalue weighted by molar-refractivity contribution is 6.03. The molecule has 1 aromatic heterocycles. The molecule has 0 unspecified atom stereocenters. The van der Waals surface area contributed by atoms with E-state index in [1.807, 2.05) is 0 Å². The molecule has 2 heterocycles. The summed E-state index contributed by atoms with van der Waals surface area (Å²) in [7, 11) is 0. The highest BCUT2D eigenvalue weighted by Gasteiger charge is 2.11. The number of hydrogen-bond acceptors (Lipinski definition) is 2. The van der Waals surface area contributed by atoms with Gasteiger partial charge < -0.3 is 10.3 Å². The average molecular weight is 147 g/mol. The number of nitrogens with one attached hydrogen (secondary N) is 2. The van der Waals surface area contributed by atoms with Gasteiger partial charge >= 0.3 is 0 Å². The van der Waals surface area contributed by atoms with Crippen LogP contribution in [0.4, 0.5) is 5.82 Å². The van der Waals surface area contributed by atoms with E-state index in [9.17, 15) is 4.79 Å². The van der Waals surface area contributed by atoms with E-state index in [1.54, 1.807) is 12.3 Å². The van der Waals surface area contributed by atoms with Crippen LogP contribution in [-0.4, -0.2) is 16.8 Å². The molecule has 4 heteroatoms. The molecule has 54 valence electrons. The fraction of sp³-hybridized carbons (Fsp3) is 0. The largest absolute Gasteiger partial charge is 0.348 e. The summed E-state index contributed by atoms with van der Waals surface area (Å²) >= 11 is 0. The summed E-state index contributed by atoms with van der Waals surface area (Å²) in [6, 6.07) is 1.68. The van der Waals surface area contributed by atoms with Crippen LogP contribution in [0, 0.1) is 0 Å². The third-order valence-corrected chi connectivity index (χ3v) is 1.42. The number of aromatic amines is 1. The molecule has 0 spiro atoms. The van der Waals surface area contributed by atoms with Gasteiger partial charge in [-0.2, -0.15) is 4.99 Å². The van der Waals surface area contributed by atoms with Gasteiger partial charge in [-0.1, -0.05) is 0 Å². The minimum absolute atomic E-state index is 0.275. The minimum Gasteiger partial charge on any atom is -0.348 e. The van der Waals surface area contributed by atoms with Gasteiger partial charge in [0.15, 0.2) is 0 Å². The van der Waals surface area contributed by atoms with Gasteiger partial charge in [0.25, 0.3) is 5.91 Å². The Kier molecular flexibility index (Phi) is 1.14. The van der Waals surface area contributed by atoms with Gasteiger partial charge in [0, 0.05) is 12.1 Å². The third-order valence-electron chi connectivity index (χ3n) is 1.42. The van der Waals surface area contributed by atoms with Gasteiger partial charge in [0.1, 0.15) is 5.82 Å². The highest BCUT2D eigenvalue weighted by atomic mass is 16.1. The summed E-state index contributed by atoms with van der Waals surface area (Å²) in [4.78, 5) is 17.4. The molecule has 0 atom stereocenters. The van der Waals surface area contributed by atoms with E-state index in [2.05, 4.69) is 21.2 Å². The maximum atomic E-state index is 11.1. The quantitative estimate of drug-likeness (QED) is 0.569. The molecule has 0 radical (unpaired) electrons. The fourth-order valence-electron chi connectivity index (χ4n) is 0.923. The van der Waals surface area contributed by atoms with Crippen molar-refractivity contribution in [3.8, 4) is 0 Å². The summed E-state index contributed by atoms with van der Waals surface area (Å²) < 4.78 is 0. The Morgan fingerprint density at radius 2 is 2.45 bits per heavy atom. The number of aromatic nitrogens is 1. The Morgan fingerprint density at radius 3 is 3.36 bits per heavy atom. The molecule has 0 aliphatic carbocycles. The Bertz CT molecular complexity index is 358. The van der Waals surface area contributed by atoms with E-state index < -0.39 is 0 Å². The second-order valence-electron chi connectivity index (χ2n) is 2.10. The molecule has 0 bridgehead atoms. The molecular weight excluding hydrogens is 142 g/mol. The first kappa shape index (κ1) is 5.95. The molecule has 2 N–H and O–H groups in total. The van der Waals surface area contributed by atoms with E-state index in [0.717, 1.165) is 0 Å². The van der Waals surface area contributed by atoms with Crippen LogP contribution in [0.3, 0.4) is 0 Å². The summed E-state index contributed by atoms with van der Waals surface area (Å²) in [5, 5.41) is 2.83. The first-order valence-electron chi connectivity index (χ1n) is 3.14. The molecule has 4 nitrogen and oxygen atoms in total. The van der Waals surface area contributed by atoms with E-state index >= 15 is 0 Å². The van der Waals surface area contributed by atoms with Crippen molar-refractivity contribution in [1.82, 2.24) is 4.98 Å². The molecule has 0 fully saturated rings. The lowest BCUT2D eigenvalue weighted by molar-refractivity contribution is 0.100. The number of H-pyrrole nitrogens is 1. The number of carbonyl (C=O) groups excluding carboxylic acids is 1. The number of aliphatic imine (C=N–C) groups is 1. The molecule has 0 saturated heterocycles. The van der Waals surface area contributed by atoms with Crippen molar-refractivity contribution in [3.63, 3.8) is 0 Å². The second-order valence-corrected chi connectivity index (χ2v) is 2.10. The van der Waals surface area contributed by atoms with Crippen LogP contribution in [0.2, 0.25) is 0 Å². The molecule has 1 amide bonds.